The van der Waals surface area contributed by atoms with Gasteiger partial charge in [0.1, 0.15) is 17.1 Å². The number of imidazole rings is 1. The van der Waals surface area contributed by atoms with E-state index in [1.54, 1.807) is 32.2 Å². The summed E-state index contributed by atoms with van der Waals surface area (Å²) >= 11 is 0. The summed E-state index contributed by atoms with van der Waals surface area (Å²) in [7, 11) is 0. The maximum atomic E-state index is 13.4. The Morgan fingerprint density at radius 3 is 2.55 bits per heavy atom. The number of hydrogen-bond acceptors (Lipinski definition) is 5. The predicted octanol–water partition coefficient (Wildman–Crippen LogP) is 3.00. The van der Waals surface area contributed by atoms with Gasteiger partial charge in [0.15, 0.2) is 0 Å². The summed E-state index contributed by atoms with van der Waals surface area (Å²) in [5.74, 6) is -0.323. The number of benzene rings is 1. The fourth-order valence-corrected chi connectivity index (χ4v) is 3.44. The van der Waals surface area contributed by atoms with Crippen LogP contribution >= 0.6 is 0 Å². The molecule has 0 bridgehead atoms. The Hall–Kier alpha value is -3.03. The van der Waals surface area contributed by atoms with Gasteiger partial charge in [-0.25, -0.2) is 9.37 Å². The first-order chi connectivity index (χ1) is 13.8. The third-order valence-corrected chi connectivity index (χ3v) is 4.91. The molecule has 0 fully saturated rings. The van der Waals surface area contributed by atoms with Crippen LogP contribution in [0.25, 0.3) is 16.9 Å². The lowest BCUT2D eigenvalue weighted by Gasteiger charge is -2.20. The number of rotatable bonds is 4. The van der Waals surface area contributed by atoms with Gasteiger partial charge in [0.25, 0.3) is 0 Å². The molecule has 0 aliphatic carbocycles. The second kappa shape index (κ2) is 7.42. The van der Waals surface area contributed by atoms with Crippen LogP contribution in [0.5, 0.6) is 0 Å². The van der Waals surface area contributed by atoms with Gasteiger partial charge in [0.05, 0.1) is 37.4 Å². The van der Waals surface area contributed by atoms with Gasteiger partial charge in [0.2, 0.25) is 0 Å². The molecular formula is C22H23FN4O2. The first-order valence-corrected chi connectivity index (χ1v) is 9.42. The molecule has 1 aliphatic rings. The lowest BCUT2D eigenvalue weighted by Crippen LogP contribution is -2.22. The number of nitrogens with zero attached hydrogens (tertiary/aromatic N) is 3. The van der Waals surface area contributed by atoms with E-state index < -0.39 is 5.60 Å². The first kappa shape index (κ1) is 19.3. The number of halogens is 1. The smallest absolute Gasteiger partial charge is 0.137 e. The molecule has 1 aromatic carbocycles. The molecule has 0 spiro atoms. The van der Waals surface area contributed by atoms with E-state index in [1.807, 2.05) is 22.7 Å². The Labute approximate surface area is 168 Å². The van der Waals surface area contributed by atoms with Crippen molar-refractivity contribution in [3.63, 3.8) is 0 Å². The van der Waals surface area contributed by atoms with Gasteiger partial charge in [0, 0.05) is 23.0 Å². The molecule has 0 amide bonds. The molecule has 3 N–H and O–H groups in total. The first-order valence-electron chi connectivity index (χ1n) is 9.42. The molecule has 1 aliphatic heterocycles. The summed E-state index contributed by atoms with van der Waals surface area (Å²) in [6.07, 6.45) is 3.55. The largest absolute Gasteiger partial charge is 0.398 e. The number of aromatic nitrogens is 2. The van der Waals surface area contributed by atoms with E-state index in [9.17, 15) is 9.50 Å². The van der Waals surface area contributed by atoms with Crippen molar-refractivity contribution in [2.45, 2.75) is 19.4 Å². The average molecular weight is 394 g/mol. The highest BCUT2D eigenvalue weighted by atomic mass is 19.1. The van der Waals surface area contributed by atoms with E-state index in [1.165, 1.54) is 12.1 Å². The molecule has 29 heavy (non-hydrogen) atoms. The van der Waals surface area contributed by atoms with Crippen LogP contribution in [0.1, 0.15) is 30.7 Å². The summed E-state index contributed by atoms with van der Waals surface area (Å²) < 4.78 is 20.8. The van der Waals surface area contributed by atoms with Crippen molar-refractivity contribution in [3.05, 3.63) is 71.4 Å². The predicted molar refractivity (Wildman–Crippen MR) is 111 cm³/mol. The fraction of sp³-hybridized carbons (Fsp3) is 0.273. The third-order valence-electron chi connectivity index (χ3n) is 4.91. The maximum Gasteiger partial charge on any atom is 0.137 e. The van der Waals surface area contributed by atoms with Gasteiger partial charge in [-0.15, -0.1) is 0 Å². The molecule has 0 saturated heterocycles. The molecule has 7 heteroatoms. The number of ether oxygens (including phenoxy) is 1. The van der Waals surface area contributed by atoms with Crippen molar-refractivity contribution in [3.8, 4) is 0 Å². The zero-order chi connectivity index (χ0) is 20.6. The molecule has 0 atom stereocenters. The van der Waals surface area contributed by atoms with Crippen molar-refractivity contribution in [1.29, 1.82) is 0 Å². The Morgan fingerprint density at radius 1 is 1.17 bits per heavy atom. The summed E-state index contributed by atoms with van der Waals surface area (Å²) in [5, 5.41) is 10.5. The fourth-order valence-electron chi connectivity index (χ4n) is 3.44. The van der Waals surface area contributed by atoms with Gasteiger partial charge in [-0.3, -0.25) is 4.99 Å². The van der Waals surface area contributed by atoms with E-state index in [-0.39, 0.29) is 5.82 Å². The van der Waals surface area contributed by atoms with E-state index in [4.69, 9.17) is 10.5 Å². The second-order valence-electron chi connectivity index (χ2n) is 7.53. The van der Waals surface area contributed by atoms with Crippen molar-refractivity contribution < 1.29 is 14.2 Å². The van der Waals surface area contributed by atoms with Gasteiger partial charge in [-0.2, -0.15) is 0 Å². The van der Waals surface area contributed by atoms with Crippen molar-refractivity contribution in [2.75, 3.05) is 19.8 Å². The van der Waals surface area contributed by atoms with Crippen LogP contribution < -0.4 is 5.73 Å². The Morgan fingerprint density at radius 2 is 1.90 bits per heavy atom. The molecule has 150 valence electrons. The molecule has 3 heterocycles. The summed E-state index contributed by atoms with van der Waals surface area (Å²) in [6, 6.07) is 9.83. The van der Waals surface area contributed by atoms with E-state index in [0.717, 1.165) is 16.8 Å². The van der Waals surface area contributed by atoms with Gasteiger partial charge >= 0.3 is 0 Å². The molecule has 0 saturated carbocycles. The van der Waals surface area contributed by atoms with Crippen LogP contribution in [0.2, 0.25) is 0 Å². The van der Waals surface area contributed by atoms with Gasteiger partial charge < -0.3 is 20.0 Å². The molecule has 0 unspecified atom stereocenters. The summed E-state index contributed by atoms with van der Waals surface area (Å²) in [6.45, 7) is 4.89. The molecule has 6 nitrogen and oxygen atoms in total. The minimum Gasteiger partial charge on any atom is -0.398 e. The second-order valence-corrected chi connectivity index (χ2v) is 7.53. The van der Waals surface area contributed by atoms with Crippen molar-refractivity contribution in [2.24, 2.45) is 10.7 Å². The normalized spacial score (nSPS) is 15.9. The highest BCUT2D eigenvalue weighted by Crippen LogP contribution is 2.28. The number of hydrogen-bond donors (Lipinski definition) is 2. The number of aliphatic hydroxyl groups is 1. The van der Waals surface area contributed by atoms with Crippen LogP contribution in [-0.4, -0.2) is 40.0 Å². The van der Waals surface area contributed by atoms with Crippen LogP contribution in [0.3, 0.4) is 0 Å². The van der Waals surface area contributed by atoms with E-state index in [2.05, 4.69) is 9.98 Å². The highest BCUT2D eigenvalue weighted by molar-refractivity contribution is 6.30. The quantitative estimate of drug-likeness (QED) is 0.712. The Kier molecular flexibility index (Phi) is 4.94. The molecular weight excluding hydrogens is 371 g/mol. The number of fused-ring (bicyclic) bond motifs is 1. The molecule has 2 aromatic heterocycles. The monoisotopic (exact) mass is 394 g/mol. The minimum atomic E-state index is -1.06. The van der Waals surface area contributed by atoms with Crippen molar-refractivity contribution >= 4 is 22.6 Å². The minimum absolute atomic E-state index is 0.323. The van der Waals surface area contributed by atoms with Crippen molar-refractivity contribution in [1.82, 2.24) is 9.38 Å². The lowest BCUT2D eigenvalue weighted by molar-refractivity contribution is 0.0729. The Bertz CT molecular complexity index is 1110. The molecule has 3 aromatic rings. The number of aliphatic imine (C=N–C) groups is 1. The Balaban J connectivity index is 1.93. The third kappa shape index (κ3) is 3.79. The summed E-state index contributed by atoms with van der Waals surface area (Å²) in [4.78, 5) is 8.98. The van der Waals surface area contributed by atoms with E-state index >= 15 is 0 Å². The number of nitrogens with two attached hydrogens (primary N) is 1. The van der Waals surface area contributed by atoms with Crippen LogP contribution in [0, 0.1) is 5.82 Å². The maximum absolute atomic E-state index is 13.4. The highest BCUT2D eigenvalue weighted by Gasteiger charge is 2.23. The standard InChI is InChI=1S/C22H23FN4O2/c1-22(2,28)18-11-26-19-8-5-15(12-27(18)19)20(17-13-29-10-9-25-17)21(24)14-3-6-16(23)7-4-14/h3-8,11-12,28H,9-10,13,24H2,1-2H3. The van der Waals surface area contributed by atoms with E-state index in [0.29, 0.717) is 42.4 Å². The zero-order valence-electron chi connectivity index (χ0n) is 16.4. The average Bonchev–Trinajstić information content (AvgIpc) is 3.13. The topological polar surface area (TPSA) is 85.1 Å². The zero-order valence-corrected chi connectivity index (χ0v) is 16.4. The lowest BCUT2D eigenvalue weighted by atomic mass is 9.96. The SMILES string of the molecule is CC(C)(O)c1cnc2ccc(C(C3=NCCOC3)=C(N)c3ccc(F)cc3)cn12. The van der Waals surface area contributed by atoms with Gasteiger partial charge in [-0.1, -0.05) is 0 Å². The molecule has 4 rings (SSSR count). The van der Waals surface area contributed by atoms with Crippen LogP contribution in [0.4, 0.5) is 4.39 Å². The van der Waals surface area contributed by atoms with Gasteiger partial charge in [-0.05, 0) is 55.8 Å². The van der Waals surface area contributed by atoms with Crippen LogP contribution in [0.15, 0.2) is 53.8 Å². The number of pyridine rings is 1. The molecule has 0 radical (unpaired) electrons. The summed E-state index contributed by atoms with van der Waals surface area (Å²) in [5.41, 5.74) is 10.3. The van der Waals surface area contributed by atoms with Crippen LogP contribution in [-0.2, 0) is 10.3 Å².